The van der Waals surface area contributed by atoms with Crippen LogP contribution < -0.4 is 10.5 Å². The zero-order valence-electron chi connectivity index (χ0n) is 9.73. The van der Waals surface area contributed by atoms with E-state index in [2.05, 4.69) is 31.2 Å². The lowest BCUT2D eigenvalue weighted by Gasteiger charge is -2.10. The molecule has 0 saturated carbocycles. The number of fused-ring (bicyclic) bond motifs is 1. The summed E-state index contributed by atoms with van der Waals surface area (Å²) in [6.45, 7) is 2.83. The fourth-order valence-corrected chi connectivity index (χ4v) is 1.81. The van der Waals surface area contributed by atoms with Crippen LogP contribution in [0.4, 0.5) is 0 Å². The van der Waals surface area contributed by atoms with Crippen molar-refractivity contribution in [2.24, 2.45) is 5.73 Å². The zero-order valence-corrected chi connectivity index (χ0v) is 9.73. The van der Waals surface area contributed by atoms with E-state index in [1.807, 2.05) is 12.1 Å². The topological polar surface area (TPSA) is 35.2 Å². The number of nitrogens with two attached hydrogens (primary N) is 1. The Labute approximate surface area is 96.0 Å². The molecule has 2 rings (SSSR count). The summed E-state index contributed by atoms with van der Waals surface area (Å²) in [5, 5.41) is 2.44. The van der Waals surface area contributed by atoms with Gasteiger partial charge in [0, 0.05) is 0 Å². The minimum absolute atomic E-state index is 0.409. The molecule has 0 radical (unpaired) electrons. The Morgan fingerprint density at radius 1 is 1.12 bits per heavy atom. The van der Waals surface area contributed by atoms with Gasteiger partial charge in [-0.1, -0.05) is 31.2 Å². The lowest BCUT2D eigenvalue weighted by Crippen LogP contribution is -2.08. The molecule has 0 fully saturated rings. The molecule has 0 saturated heterocycles. The molecule has 0 unspecified atom stereocenters. The fourth-order valence-electron chi connectivity index (χ4n) is 1.81. The Bertz CT molecular complexity index is 493. The van der Waals surface area contributed by atoms with Crippen molar-refractivity contribution >= 4 is 10.8 Å². The van der Waals surface area contributed by atoms with Crippen LogP contribution >= 0.6 is 0 Å². The van der Waals surface area contributed by atoms with Gasteiger partial charge in [0.05, 0.1) is 7.11 Å². The van der Waals surface area contributed by atoms with Gasteiger partial charge in [-0.15, -0.1) is 0 Å². The second kappa shape index (κ2) is 4.54. The summed E-state index contributed by atoms with van der Waals surface area (Å²) >= 11 is 0. The molecule has 0 aliphatic carbocycles. The third kappa shape index (κ3) is 2.02. The van der Waals surface area contributed by atoms with E-state index >= 15 is 0 Å². The van der Waals surface area contributed by atoms with Crippen molar-refractivity contribution in [3.63, 3.8) is 0 Å². The number of rotatable bonds is 3. The number of hydrogen-bond donors (Lipinski definition) is 1. The first-order valence-corrected chi connectivity index (χ1v) is 5.52. The van der Waals surface area contributed by atoms with Crippen LogP contribution in [0.2, 0.25) is 0 Å². The molecule has 0 heterocycles. The molecular weight excluding hydrogens is 198 g/mol. The van der Waals surface area contributed by atoms with Crippen molar-refractivity contribution in [2.75, 3.05) is 13.7 Å². The number of methoxy groups -OCH3 is 1. The fraction of sp³-hybridized carbons (Fsp3) is 0.286. The van der Waals surface area contributed by atoms with Crippen LogP contribution in [0, 0.1) is 0 Å². The summed E-state index contributed by atoms with van der Waals surface area (Å²) < 4.78 is 5.20. The first-order chi connectivity index (χ1) is 7.74. The maximum absolute atomic E-state index is 5.67. The second-order valence-electron chi connectivity index (χ2n) is 4.11. The molecule has 2 nitrogen and oxygen atoms in total. The Kier molecular flexibility index (Phi) is 3.11. The van der Waals surface area contributed by atoms with Crippen molar-refractivity contribution in [1.29, 1.82) is 0 Å². The van der Waals surface area contributed by atoms with Gasteiger partial charge in [0.15, 0.2) is 0 Å². The summed E-state index contributed by atoms with van der Waals surface area (Å²) in [5.41, 5.74) is 6.97. The Balaban J connectivity index is 2.47. The average Bonchev–Trinajstić information content (AvgIpc) is 2.36. The lowest BCUT2D eigenvalue weighted by molar-refractivity contribution is 0.415. The largest absolute Gasteiger partial charge is 0.497 e. The molecule has 2 aromatic carbocycles. The van der Waals surface area contributed by atoms with Gasteiger partial charge >= 0.3 is 0 Å². The SMILES string of the molecule is COc1ccc2cc([C@@H](C)CN)ccc2c1. The van der Waals surface area contributed by atoms with Crippen LogP contribution in [0.3, 0.4) is 0 Å². The van der Waals surface area contributed by atoms with E-state index in [1.165, 1.54) is 16.3 Å². The number of hydrogen-bond acceptors (Lipinski definition) is 2. The van der Waals surface area contributed by atoms with Crippen molar-refractivity contribution < 1.29 is 4.74 Å². The van der Waals surface area contributed by atoms with Crippen molar-refractivity contribution in [3.8, 4) is 5.75 Å². The smallest absolute Gasteiger partial charge is 0.119 e. The minimum atomic E-state index is 0.409. The quantitative estimate of drug-likeness (QED) is 0.854. The predicted molar refractivity (Wildman–Crippen MR) is 68.0 cm³/mol. The average molecular weight is 215 g/mol. The summed E-state index contributed by atoms with van der Waals surface area (Å²) in [7, 11) is 1.69. The van der Waals surface area contributed by atoms with Crippen molar-refractivity contribution in [1.82, 2.24) is 0 Å². The van der Waals surface area contributed by atoms with E-state index in [1.54, 1.807) is 7.11 Å². The Hall–Kier alpha value is -1.54. The molecule has 0 bridgehead atoms. The van der Waals surface area contributed by atoms with E-state index in [4.69, 9.17) is 10.5 Å². The highest BCUT2D eigenvalue weighted by Crippen LogP contribution is 2.24. The number of ether oxygens (including phenoxy) is 1. The molecule has 2 aromatic rings. The first kappa shape index (κ1) is 11.0. The third-order valence-corrected chi connectivity index (χ3v) is 2.99. The van der Waals surface area contributed by atoms with E-state index in [9.17, 15) is 0 Å². The molecule has 2 heteroatoms. The molecule has 0 aliphatic rings. The maximum atomic E-state index is 5.67. The van der Waals surface area contributed by atoms with Crippen LogP contribution in [-0.2, 0) is 0 Å². The second-order valence-corrected chi connectivity index (χ2v) is 4.11. The summed E-state index contributed by atoms with van der Waals surface area (Å²) in [4.78, 5) is 0. The standard InChI is InChI=1S/C14H17NO/c1-10(9-15)11-3-4-13-8-14(16-2)6-5-12(13)7-11/h3-8,10H,9,15H2,1-2H3/t10-/m0/s1. The van der Waals surface area contributed by atoms with Gasteiger partial charge in [-0.3, -0.25) is 0 Å². The summed E-state index contributed by atoms with van der Waals surface area (Å²) in [5.74, 6) is 1.30. The molecule has 1 atom stereocenters. The van der Waals surface area contributed by atoms with Crippen LogP contribution in [-0.4, -0.2) is 13.7 Å². The van der Waals surface area contributed by atoms with Gasteiger partial charge in [0.2, 0.25) is 0 Å². The summed E-state index contributed by atoms with van der Waals surface area (Å²) in [6.07, 6.45) is 0. The monoisotopic (exact) mass is 215 g/mol. The van der Waals surface area contributed by atoms with Gasteiger partial charge in [-0.05, 0) is 40.9 Å². The molecular formula is C14H17NO. The maximum Gasteiger partial charge on any atom is 0.119 e. The van der Waals surface area contributed by atoms with Gasteiger partial charge < -0.3 is 10.5 Å². The lowest BCUT2D eigenvalue weighted by atomic mass is 9.98. The van der Waals surface area contributed by atoms with Crippen molar-refractivity contribution in [2.45, 2.75) is 12.8 Å². The molecule has 0 spiro atoms. The van der Waals surface area contributed by atoms with E-state index in [0.29, 0.717) is 12.5 Å². The minimum Gasteiger partial charge on any atom is -0.497 e. The molecule has 0 amide bonds. The normalized spacial score (nSPS) is 12.7. The van der Waals surface area contributed by atoms with Gasteiger partial charge in [-0.2, -0.15) is 0 Å². The molecule has 2 N–H and O–H groups in total. The van der Waals surface area contributed by atoms with Gasteiger partial charge in [0.1, 0.15) is 5.75 Å². The Morgan fingerprint density at radius 3 is 2.50 bits per heavy atom. The summed E-state index contributed by atoms with van der Waals surface area (Å²) in [6, 6.07) is 12.6. The van der Waals surface area contributed by atoms with Gasteiger partial charge in [0.25, 0.3) is 0 Å². The van der Waals surface area contributed by atoms with Crippen LogP contribution in [0.25, 0.3) is 10.8 Å². The molecule has 84 valence electrons. The molecule has 0 aliphatic heterocycles. The van der Waals surface area contributed by atoms with Crippen LogP contribution in [0.1, 0.15) is 18.4 Å². The third-order valence-electron chi connectivity index (χ3n) is 2.99. The first-order valence-electron chi connectivity index (χ1n) is 5.52. The van der Waals surface area contributed by atoms with Crippen LogP contribution in [0.15, 0.2) is 36.4 Å². The van der Waals surface area contributed by atoms with E-state index in [0.717, 1.165) is 5.75 Å². The zero-order chi connectivity index (χ0) is 11.5. The van der Waals surface area contributed by atoms with Gasteiger partial charge in [-0.25, -0.2) is 0 Å². The van der Waals surface area contributed by atoms with E-state index in [-0.39, 0.29) is 0 Å². The predicted octanol–water partition coefficient (Wildman–Crippen LogP) is 2.91. The van der Waals surface area contributed by atoms with Crippen molar-refractivity contribution in [3.05, 3.63) is 42.0 Å². The molecule has 0 aromatic heterocycles. The Morgan fingerprint density at radius 2 is 1.81 bits per heavy atom. The highest BCUT2D eigenvalue weighted by Gasteiger charge is 2.04. The van der Waals surface area contributed by atoms with Crippen LogP contribution in [0.5, 0.6) is 5.75 Å². The highest BCUT2D eigenvalue weighted by molar-refractivity contribution is 5.84. The molecule has 16 heavy (non-hydrogen) atoms. The number of benzene rings is 2. The van der Waals surface area contributed by atoms with E-state index < -0.39 is 0 Å². The highest BCUT2D eigenvalue weighted by atomic mass is 16.5.